The molecule has 1 aliphatic heterocycles. The van der Waals surface area contributed by atoms with Crippen molar-refractivity contribution >= 4 is 35.6 Å². The zero-order chi connectivity index (χ0) is 22.8. The number of rotatable bonds is 9. The van der Waals surface area contributed by atoms with Gasteiger partial charge in [0.25, 0.3) is 0 Å². The first-order valence-electron chi connectivity index (χ1n) is 11.5. The number of ether oxygens (including phenoxy) is 2. The van der Waals surface area contributed by atoms with Gasteiger partial charge in [-0.25, -0.2) is 4.99 Å². The fourth-order valence-corrected chi connectivity index (χ4v) is 3.72. The van der Waals surface area contributed by atoms with Crippen molar-refractivity contribution in [2.24, 2.45) is 4.99 Å². The van der Waals surface area contributed by atoms with E-state index in [4.69, 9.17) is 14.5 Å². The molecule has 0 atom stereocenters. The maximum atomic E-state index is 9.66. The number of aliphatic hydroxyl groups excluding tert-OH is 1. The third kappa shape index (κ3) is 8.68. The lowest BCUT2D eigenvalue weighted by Crippen LogP contribution is -2.35. The van der Waals surface area contributed by atoms with Crippen LogP contribution in [0.15, 0.2) is 47.5 Å². The molecule has 0 aliphatic carbocycles. The molecule has 3 rings (SSSR count). The summed E-state index contributed by atoms with van der Waals surface area (Å²) < 4.78 is 11.0. The normalized spacial score (nSPS) is 15.0. The van der Waals surface area contributed by atoms with Crippen molar-refractivity contribution in [3.05, 3.63) is 53.6 Å². The molecule has 7 nitrogen and oxygen atoms in total. The molecule has 3 N–H and O–H groups in total. The Bertz CT molecular complexity index is 868. The van der Waals surface area contributed by atoms with Crippen molar-refractivity contribution in [3.63, 3.8) is 0 Å². The smallest absolute Gasteiger partial charge is 0.196 e. The van der Waals surface area contributed by atoms with E-state index in [1.807, 2.05) is 32.0 Å². The Morgan fingerprint density at radius 2 is 1.76 bits per heavy atom. The highest BCUT2D eigenvalue weighted by atomic mass is 127. The fraction of sp³-hybridized carbons (Fsp3) is 0.480. The van der Waals surface area contributed by atoms with Gasteiger partial charge in [0.15, 0.2) is 17.5 Å². The minimum atomic E-state index is -0.130. The van der Waals surface area contributed by atoms with Crippen LogP contribution in [-0.4, -0.2) is 55.4 Å². The van der Waals surface area contributed by atoms with Crippen molar-refractivity contribution in [2.45, 2.75) is 45.9 Å². The van der Waals surface area contributed by atoms with Gasteiger partial charge in [0.05, 0.1) is 26.4 Å². The maximum absolute atomic E-state index is 9.66. The van der Waals surface area contributed by atoms with Crippen LogP contribution in [0.4, 0.5) is 5.69 Å². The summed E-state index contributed by atoms with van der Waals surface area (Å²) in [6.07, 6.45) is 1.61. The molecule has 1 heterocycles. The van der Waals surface area contributed by atoms with E-state index in [1.165, 1.54) is 5.56 Å². The molecule has 1 fully saturated rings. The third-order valence-corrected chi connectivity index (χ3v) is 5.48. The van der Waals surface area contributed by atoms with Gasteiger partial charge in [0.1, 0.15) is 0 Å². The summed E-state index contributed by atoms with van der Waals surface area (Å²) in [4.78, 5) is 7.14. The molecule has 0 amide bonds. The van der Waals surface area contributed by atoms with Gasteiger partial charge in [-0.2, -0.15) is 0 Å². The molecule has 0 bridgehead atoms. The topological polar surface area (TPSA) is 78.4 Å². The van der Waals surface area contributed by atoms with Crippen molar-refractivity contribution in [1.82, 2.24) is 10.2 Å². The van der Waals surface area contributed by atoms with E-state index in [0.717, 1.165) is 56.2 Å². The molecule has 2 aromatic carbocycles. The number of nitrogens with one attached hydrogen (secondary N) is 2. The number of guanidine groups is 1. The number of aliphatic imine (C=N–C) groups is 1. The van der Waals surface area contributed by atoms with Crippen LogP contribution in [0.5, 0.6) is 11.5 Å². The second-order valence-corrected chi connectivity index (χ2v) is 7.94. The lowest BCUT2D eigenvalue weighted by molar-refractivity contribution is 0.0792. The number of hydrogen-bond donors (Lipinski definition) is 3. The molecule has 182 valence electrons. The number of halogens is 1. The Hall–Kier alpha value is -2.04. The fourth-order valence-electron chi connectivity index (χ4n) is 3.72. The highest BCUT2D eigenvalue weighted by Crippen LogP contribution is 2.30. The first kappa shape index (κ1) is 27.2. The number of hydrogen-bond acceptors (Lipinski definition) is 5. The van der Waals surface area contributed by atoms with Gasteiger partial charge in [-0.05, 0) is 49.9 Å². The van der Waals surface area contributed by atoms with Crippen LogP contribution in [-0.2, 0) is 13.1 Å². The van der Waals surface area contributed by atoms with Gasteiger partial charge in [0, 0.05) is 37.9 Å². The van der Waals surface area contributed by atoms with Crippen LogP contribution >= 0.6 is 24.0 Å². The average molecular weight is 569 g/mol. The lowest BCUT2D eigenvalue weighted by Gasteiger charge is -2.29. The summed E-state index contributed by atoms with van der Waals surface area (Å²) in [5.74, 6) is 2.13. The van der Waals surface area contributed by atoms with Crippen LogP contribution in [0.25, 0.3) is 0 Å². The zero-order valence-electron chi connectivity index (χ0n) is 19.8. The van der Waals surface area contributed by atoms with Gasteiger partial charge >= 0.3 is 0 Å². The zero-order valence-corrected chi connectivity index (χ0v) is 22.2. The summed E-state index contributed by atoms with van der Waals surface area (Å²) >= 11 is 0. The first-order valence-corrected chi connectivity index (χ1v) is 11.5. The molecule has 0 aromatic heterocycles. The van der Waals surface area contributed by atoms with Crippen molar-refractivity contribution in [3.8, 4) is 11.5 Å². The van der Waals surface area contributed by atoms with E-state index in [9.17, 15) is 5.11 Å². The molecule has 0 radical (unpaired) electrons. The number of likely N-dealkylation sites (tertiary alicyclic amines) is 1. The van der Waals surface area contributed by atoms with Crippen LogP contribution in [0.2, 0.25) is 0 Å². The van der Waals surface area contributed by atoms with E-state index in [1.54, 1.807) is 7.11 Å². The number of methoxy groups -OCH3 is 1. The van der Waals surface area contributed by atoms with Crippen LogP contribution in [0.1, 0.15) is 37.8 Å². The largest absolute Gasteiger partial charge is 0.493 e. The third-order valence-electron chi connectivity index (χ3n) is 5.48. The van der Waals surface area contributed by atoms with Gasteiger partial charge in [-0.15, -0.1) is 24.0 Å². The Kier molecular flexibility index (Phi) is 11.8. The molecule has 1 saturated heterocycles. The number of benzene rings is 2. The van der Waals surface area contributed by atoms with Crippen LogP contribution < -0.4 is 20.1 Å². The predicted octanol–water partition coefficient (Wildman–Crippen LogP) is 4.25. The SMILES string of the molecule is CCNC(=NCc1ccc(CN2CCC(O)CC2)cc1)Nc1ccc(OC)c(OCC)c1.I. The van der Waals surface area contributed by atoms with Gasteiger partial charge < -0.3 is 25.2 Å². The van der Waals surface area contributed by atoms with Crippen LogP contribution in [0.3, 0.4) is 0 Å². The lowest BCUT2D eigenvalue weighted by atomic mass is 10.1. The minimum Gasteiger partial charge on any atom is -0.493 e. The second kappa shape index (κ2) is 14.3. The predicted molar refractivity (Wildman–Crippen MR) is 145 cm³/mol. The first-order chi connectivity index (χ1) is 15.6. The molecule has 33 heavy (non-hydrogen) atoms. The Morgan fingerprint density at radius 1 is 1.06 bits per heavy atom. The Balaban J connectivity index is 0.00000385. The second-order valence-electron chi connectivity index (χ2n) is 7.94. The number of nitrogens with zero attached hydrogens (tertiary/aromatic N) is 2. The number of anilines is 1. The average Bonchev–Trinajstić information content (AvgIpc) is 2.80. The molecule has 8 heteroatoms. The summed E-state index contributed by atoms with van der Waals surface area (Å²) in [5, 5.41) is 16.3. The number of piperidine rings is 1. The maximum Gasteiger partial charge on any atom is 0.196 e. The van der Waals surface area contributed by atoms with Crippen LogP contribution in [0, 0.1) is 0 Å². The van der Waals surface area contributed by atoms with Gasteiger partial charge in [-0.1, -0.05) is 24.3 Å². The monoisotopic (exact) mass is 568 g/mol. The summed E-state index contributed by atoms with van der Waals surface area (Å²) in [7, 11) is 1.64. The Morgan fingerprint density at radius 3 is 2.39 bits per heavy atom. The van der Waals surface area contributed by atoms with E-state index in [-0.39, 0.29) is 30.1 Å². The van der Waals surface area contributed by atoms with Gasteiger partial charge in [0.2, 0.25) is 0 Å². The summed E-state index contributed by atoms with van der Waals surface area (Å²) in [6.45, 7) is 8.77. The molecular formula is C25H37IN4O3. The van der Waals surface area contributed by atoms with E-state index in [0.29, 0.717) is 24.7 Å². The number of aliphatic hydroxyl groups is 1. The van der Waals surface area contributed by atoms with E-state index < -0.39 is 0 Å². The molecule has 0 spiro atoms. The molecular weight excluding hydrogens is 531 g/mol. The highest BCUT2D eigenvalue weighted by Gasteiger charge is 2.16. The minimum absolute atomic E-state index is 0. The van der Waals surface area contributed by atoms with Crippen molar-refractivity contribution in [1.29, 1.82) is 0 Å². The molecule has 1 aliphatic rings. The van der Waals surface area contributed by atoms with Gasteiger partial charge in [-0.3, -0.25) is 4.90 Å². The summed E-state index contributed by atoms with van der Waals surface area (Å²) in [6, 6.07) is 14.4. The standard InChI is InChI=1S/C25H36N4O3.HI/c1-4-26-25(28-21-10-11-23(31-3)24(16-21)32-5-2)27-17-19-6-8-20(9-7-19)18-29-14-12-22(30)13-15-29;/h6-11,16,22,30H,4-5,12-15,17-18H2,1-3H3,(H2,26,27,28);1H. The molecule has 2 aromatic rings. The van der Waals surface area contributed by atoms with E-state index >= 15 is 0 Å². The molecule has 0 unspecified atom stereocenters. The molecule has 0 saturated carbocycles. The van der Waals surface area contributed by atoms with E-state index in [2.05, 4.69) is 39.8 Å². The van der Waals surface area contributed by atoms with Crippen molar-refractivity contribution < 1.29 is 14.6 Å². The summed E-state index contributed by atoms with van der Waals surface area (Å²) in [5.41, 5.74) is 3.33. The highest BCUT2D eigenvalue weighted by molar-refractivity contribution is 14.0. The quantitative estimate of drug-likeness (QED) is 0.239. The Labute approximate surface area is 214 Å². The van der Waals surface area contributed by atoms with Crippen molar-refractivity contribution in [2.75, 3.05) is 38.7 Å².